The Morgan fingerprint density at radius 1 is 1.21 bits per heavy atom. The zero-order valence-corrected chi connectivity index (χ0v) is 17.5. The SMILES string of the molecule is CC1(CCCO)CCCCc2cc(O[Si](C)(C)C(C)(C)C)ccc21. The first-order chi connectivity index (χ1) is 11.1. The van der Waals surface area contributed by atoms with Crippen LogP contribution in [-0.4, -0.2) is 20.0 Å². The third-order valence-electron chi connectivity index (χ3n) is 6.22. The lowest BCUT2D eigenvalue weighted by atomic mass is 9.74. The Bertz CT molecular complexity index is 559. The van der Waals surface area contributed by atoms with E-state index >= 15 is 0 Å². The van der Waals surface area contributed by atoms with Crippen LogP contribution < -0.4 is 4.43 Å². The summed E-state index contributed by atoms with van der Waals surface area (Å²) in [7, 11) is -1.79. The molecule has 0 aromatic heterocycles. The molecule has 1 aliphatic carbocycles. The van der Waals surface area contributed by atoms with Crippen LogP contribution in [0.5, 0.6) is 5.75 Å². The molecule has 0 spiro atoms. The Morgan fingerprint density at radius 2 is 1.92 bits per heavy atom. The van der Waals surface area contributed by atoms with Crippen LogP contribution in [0.2, 0.25) is 18.1 Å². The van der Waals surface area contributed by atoms with Gasteiger partial charge in [0, 0.05) is 6.61 Å². The lowest BCUT2D eigenvalue weighted by Crippen LogP contribution is -2.43. The van der Waals surface area contributed by atoms with E-state index < -0.39 is 8.32 Å². The molecule has 2 rings (SSSR count). The minimum absolute atomic E-state index is 0.198. The van der Waals surface area contributed by atoms with Crippen LogP contribution in [0.25, 0.3) is 0 Å². The van der Waals surface area contributed by atoms with Gasteiger partial charge in [0.1, 0.15) is 5.75 Å². The average molecular weight is 349 g/mol. The quantitative estimate of drug-likeness (QED) is 0.536. The van der Waals surface area contributed by atoms with Gasteiger partial charge >= 0.3 is 0 Å². The first kappa shape index (κ1) is 19.5. The van der Waals surface area contributed by atoms with Crippen LogP contribution in [-0.2, 0) is 11.8 Å². The first-order valence-corrected chi connectivity index (χ1v) is 12.4. The summed E-state index contributed by atoms with van der Waals surface area (Å²) in [5.41, 5.74) is 3.14. The van der Waals surface area contributed by atoms with Crippen molar-refractivity contribution in [2.24, 2.45) is 0 Å². The predicted octanol–water partition coefficient (Wildman–Crippen LogP) is 5.83. The second-order valence-electron chi connectivity index (χ2n) is 9.28. The molecule has 1 atom stereocenters. The molecular formula is C21H36O2Si. The monoisotopic (exact) mass is 348 g/mol. The first-order valence-electron chi connectivity index (χ1n) is 9.52. The fourth-order valence-electron chi connectivity index (χ4n) is 3.57. The molecule has 1 unspecified atom stereocenters. The molecule has 1 aromatic carbocycles. The maximum atomic E-state index is 9.26. The molecule has 0 fully saturated rings. The Morgan fingerprint density at radius 3 is 2.54 bits per heavy atom. The van der Waals surface area contributed by atoms with Crippen molar-refractivity contribution in [2.45, 2.75) is 89.8 Å². The van der Waals surface area contributed by atoms with E-state index in [4.69, 9.17) is 4.43 Å². The summed E-state index contributed by atoms with van der Waals surface area (Å²) in [4.78, 5) is 0. The fourth-order valence-corrected chi connectivity index (χ4v) is 4.59. The summed E-state index contributed by atoms with van der Waals surface area (Å²) < 4.78 is 6.52. The van der Waals surface area contributed by atoms with Crippen molar-refractivity contribution in [3.63, 3.8) is 0 Å². The van der Waals surface area contributed by atoms with Crippen LogP contribution in [0, 0.1) is 0 Å². The summed E-state index contributed by atoms with van der Waals surface area (Å²) in [5, 5.41) is 9.48. The van der Waals surface area contributed by atoms with Crippen molar-refractivity contribution >= 4 is 8.32 Å². The van der Waals surface area contributed by atoms with E-state index in [0.29, 0.717) is 0 Å². The van der Waals surface area contributed by atoms with Crippen LogP contribution >= 0.6 is 0 Å². The number of fused-ring (bicyclic) bond motifs is 1. The van der Waals surface area contributed by atoms with Crippen molar-refractivity contribution in [3.8, 4) is 5.75 Å². The molecule has 0 saturated heterocycles. The van der Waals surface area contributed by atoms with E-state index in [-0.39, 0.29) is 17.1 Å². The molecule has 2 nitrogen and oxygen atoms in total. The molecule has 1 aliphatic rings. The minimum Gasteiger partial charge on any atom is -0.543 e. The van der Waals surface area contributed by atoms with Gasteiger partial charge in [-0.05, 0) is 78.9 Å². The van der Waals surface area contributed by atoms with Gasteiger partial charge < -0.3 is 9.53 Å². The molecule has 24 heavy (non-hydrogen) atoms. The molecule has 1 aromatic rings. The van der Waals surface area contributed by atoms with Gasteiger partial charge in [0.2, 0.25) is 8.32 Å². The molecule has 0 bridgehead atoms. The maximum Gasteiger partial charge on any atom is 0.250 e. The van der Waals surface area contributed by atoms with E-state index in [1.54, 1.807) is 0 Å². The number of benzene rings is 1. The third-order valence-corrected chi connectivity index (χ3v) is 10.6. The number of rotatable bonds is 5. The van der Waals surface area contributed by atoms with E-state index in [2.05, 4.69) is 59.0 Å². The number of aliphatic hydroxyl groups is 1. The van der Waals surface area contributed by atoms with Crippen LogP contribution in [0.15, 0.2) is 18.2 Å². The fraction of sp³-hybridized carbons (Fsp3) is 0.714. The molecule has 0 amide bonds. The lowest BCUT2D eigenvalue weighted by Gasteiger charge is -2.37. The minimum atomic E-state index is -1.79. The average Bonchev–Trinajstić information content (AvgIpc) is 2.63. The highest BCUT2D eigenvalue weighted by Crippen LogP contribution is 2.42. The summed E-state index contributed by atoms with van der Waals surface area (Å²) >= 11 is 0. The topological polar surface area (TPSA) is 29.5 Å². The van der Waals surface area contributed by atoms with Gasteiger partial charge in [0.15, 0.2) is 0 Å². The second kappa shape index (κ2) is 7.21. The Labute approximate surface area is 149 Å². The molecule has 3 heteroatoms. The van der Waals surface area contributed by atoms with E-state index in [1.165, 1.54) is 30.4 Å². The Balaban J connectivity index is 2.31. The van der Waals surface area contributed by atoms with Crippen LogP contribution in [0.3, 0.4) is 0 Å². The largest absolute Gasteiger partial charge is 0.543 e. The van der Waals surface area contributed by atoms with Crippen LogP contribution in [0.1, 0.15) is 70.9 Å². The van der Waals surface area contributed by atoms with E-state index in [0.717, 1.165) is 25.0 Å². The molecule has 0 radical (unpaired) electrons. The standard InChI is InChI=1S/C21H36O2Si/c1-20(2,3)24(5,6)23-18-11-12-19-17(16-18)10-7-8-13-21(19,4)14-9-15-22/h11-12,16,22H,7-10,13-15H2,1-6H3. The molecular weight excluding hydrogens is 312 g/mol. The summed E-state index contributed by atoms with van der Waals surface area (Å²) in [5.74, 6) is 1.05. The maximum absolute atomic E-state index is 9.26. The van der Waals surface area contributed by atoms with E-state index in [1.807, 2.05) is 0 Å². The zero-order valence-electron chi connectivity index (χ0n) is 16.5. The molecule has 136 valence electrons. The molecule has 0 saturated carbocycles. The predicted molar refractivity (Wildman–Crippen MR) is 105 cm³/mol. The van der Waals surface area contributed by atoms with Gasteiger partial charge in [-0.3, -0.25) is 0 Å². The van der Waals surface area contributed by atoms with Crippen molar-refractivity contribution in [3.05, 3.63) is 29.3 Å². The number of aryl methyl sites for hydroxylation is 1. The van der Waals surface area contributed by atoms with Crippen LogP contribution in [0.4, 0.5) is 0 Å². The van der Waals surface area contributed by atoms with E-state index in [9.17, 15) is 5.11 Å². The zero-order chi connectivity index (χ0) is 18.0. The summed E-state index contributed by atoms with van der Waals surface area (Å²) in [6.07, 6.45) is 6.86. The lowest BCUT2D eigenvalue weighted by molar-refractivity contribution is 0.259. The van der Waals surface area contributed by atoms with Gasteiger partial charge in [-0.1, -0.05) is 40.2 Å². The smallest absolute Gasteiger partial charge is 0.250 e. The van der Waals surface area contributed by atoms with Crippen molar-refractivity contribution in [1.82, 2.24) is 0 Å². The van der Waals surface area contributed by atoms with Crippen molar-refractivity contribution < 1.29 is 9.53 Å². The highest BCUT2D eigenvalue weighted by molar-refractivity contribution is 6.74. The normalized spacial score (nSPS) is 22.0. The number of hydrogen-bond donors (Lipinski definition) is 1. The summed E-state index contributed by atoms with van der Waals surface area (Å²) in [6, 6.07) is 6.79. The van der Waals surface area contributed by atoms with Gasteiger partial charge in [0.25, 0.3) is 0 Å². The van der Waals surface area contributed by atoms with Crippen molar-refractivity contribution in [2.75, 3.05) is 6.61 Å². The summed E-state index contributed by atoms with van der Waals surface area (Å²) in [6.45, 7) is 14.1. The van der Waals surface area contributed by atoms with Gasteiger partial charge in [-0.25, -0.2) is 0 Å². The Hall–Kier alpha value is -0.803. The second-order valence-corrected chi connectivity index (χ2v) is 14.0. The van der Waals surface area contributed by atoms with Crippen molar-refractivity contribution in [1.29, 1.82) is 0 Å². The van der Waals surface area contributed by atoms with Gasteiger partial charge in [-0.2, -0.15) is 0 Å². The highest BCUT2D eigenvalue weighted by atomic mass is 28.4. The molecule has 0 heterocycles. The number of hydrogen-bond acceptors (Lipinski definition) is 2. The Kier molecular flexibility index (Phi) is 5.86. The third kappa shape index (κ3) is 4.23. The van der Waals surface area contributed by atoms with Gasteiger partial charge in [0.05, 0.1) is 0 Å². The molecule has 1 N–H and O–H groups in total. The van der Waals surface area contributed by atoms with Gasteiger partial charge in [-0.15, -0.1) is 0 Å². The highest BCUT2D eigenvalue weighted by Gasteiger charge is 2.39. The number of aliphatic hydroxyl groups excluding tert-OH is 1. The molecule has 0 aliphatic heterocycles.